The SMILES string of the molecule is CC(=O)c1c(C)n(Cc2nc(-c3ccc(Cl)cc3)sc2C)c2ccccc12.CCCC1(CCC)OCc2ccccc21. The van der Waals surface area contributed by atoms with Gasteiger partial charge in [-0.05, 0) is 62.9 Å². The predicted octanol–water partition coefficient (Wildman–Crippen LogP) is 10.3. The molecule has 1 aliphatic heterocycles. The van der Waals surface area contributed by atoms with Crippen LogP contribution >= 0.6 is 22.9 Å². The van der Waals surface area contributed by atoms with Crippen LogP contribution in [0.1, 0.15) is 84.2 Å². The number of ketones is 1. The Bertz CT molecular complexity index is 1690. The van der Waals surface area contributed by atoms with Crippen LogP contribution < -0.4 is 0 Å². The van der Waals surface area contributed by atoms with E-state index in [0.29, 0.717) is 6.54 Å². The number of ether oxygens (including phenoxy) is 1. The molecule has 0 saturated carbocycles. The van der Waals surface area contributed by atoms with Crippen LogP contribution in [0.15, 0.2) is 72.8 Å². The number of aryl methyl sites for hydroxylation is 1. The minimum atomic E-state index is 0.0279. The molecule has 2 aromatic heterocycles. The van der Waals surface area contributed by atoms with E-state index in [9.17, 15) is 4.79 Å². The Morgan fingerprint density at radius 2 is 1.64 bits per heavy atom. The molecule has 0 bridgehead atoms. The Balaban J connectivity index is 0.000000199. The van der Waals surface area contributed by atoms with Gasteiger partial charge in [0.15, 0.2) is 5.78 Å². The summed E-state index contributed by atoms with van der Waals surface area (Å²) in [6, 6.07) is 24.5. The highest BCUT2D eigenvalue weighted by atomic mass is 35.5. The summed E-state index contributed by atoms with van der Waals surface area (Å²) in [6.45, 7) is 11.7. The molecule has 42 heavy (non-hydrogen) atoms. The molecule has 0 N–H and O–H groups in total. The molecule has 0 unspecified atom stereocenters. The number of rotatable bonds is 8. The van der Waals surface area contributed by atoms with Gasteiger partial charge in [-0.15, -0.1) is 11.3 Å². The maximum absolute atomic E-state index is 12.2. The fourth-order valence-corrected chi connectivity index (χ4v) is 7.30. The van der Waals surface area contributed by atoms with Crippen LogP contribution in [-0.2, 0) is 23.5 Å². The number of aromatic nitrogens is 2. The summed E-state index contributed by atoms with van der Waals surface area (Å²) in [5.41, 5.74) is 7.82. The first-order valence-electron chi connectivity index (χ1n) is 14.8. The van der Waals surface area contributed by atoms with Crippen LogP contribution in [0.5, 0.6) is 0 Å². The molecule has 3 heterocycles. The molecule has 4 nitrogen and oxygen atoms in total. The molecule has 0 aliphatic carbocycles. The van der Waals surface area contributed by atoms with Gasteiger partial charge in [0.25, 0.3) is 0 Å². The molecular weight excluding hydrogens is 560 g/mol. The van der Waals surface area contributed by atoms with Crippen molar-refractivity contribution >= 4 is 39.6 Å². The smallest absolute Gasteiger partial charge is 0.162 e. The van der Waals surface area contributed by atoms with Crippen molar-refractivity contribution in [3.63, 3.8) is 0 Å². The van der Waals surface area contributed by atoms with Crippen molar-refractivity contribution in [2.24, 2.45) is 0 Å². The van der Waals surface area contributed by atoms with Gasteiger partial charge in [0, 0.05) is 37.6 Å². The fourth-order valence-electron chi connectivity index (χ4n) is 6.25. The number of fused-ring (bicyclic) bond motifs is 2. The summed E-state index contributed by atoms with van der Waals surface area (Å²) in [5.74, 6) is 0.0966. The summed E-state index contributed by atoms with van der Waals surface area (Å²) in [6.07, 6.45) is 4.68. The van der Waals surface area contributed by atoms with Crippen molar-refractivity contribution in [2.75, 3.05) is 0 Å². The molecule has 0 radical (unpaired) electrons. The number of hydrogen-bond donors (Lipinski definition) is 0. The predicted molar refractivity (Wildman–Crippen MR) is 176 cm³/mol. The standard InChI is InChI=1S/C22H19ClN2OS.C14H20O/c1-13-21(14(2)26)18-6-4-5-7-20(18)25(13)12-19-15(3)27-22(24-19)16-8-10-17(23)11-9-16;1-3-9-14(10-4-2)13-8-6-5-7-12(13)11-15-14/h4-11H,12H2,1-3H3;5-8H,3-4,9-11H2,1-2H3. The summed E-state index contributed by atoms with van der Waals surface area (Å²) in [7, 11) is 0. The van der Waals surface area contributed by atoms with Crippen molar-refractivity contribution in [2.45, 2.75) is 79.1 Å². The van der Waals surface area contributed by atoms with Crippen molar-refractivity contribution in [1.82, 2.24) is 9.55 Å². The molecule has 3 aromatic carbocycles. The molecule has 0 fully saturated rings. The van der Waals surface area contributed by atoms with E-state index in [0.717, 1.165) is 62.9 Å². The maximum Gasteiger partial charge on any atom is 0.162 e. The maximum atomic E-state index is 12.2. The minimum absolute atomic E-state index is 0.0279. The van der Waals surface area contributed by atoms with Crippen molar-refractivity contribution < 1.29 is 9.53 Å². The lowest BCUT2D eigenvalue weighted by atomic mass is 9.85. The minimum Gasteiger partial charge on any atom is -0.366 e. The quantitative estimate of drug-likeness (QED) is 0.167. The van der Waals surface area contributed by atoms with Gasteiger partial charge in [-0.1, -0.05) is 92.9 Å². The third-order valence-electron chi connectivity index (χ3n) is 8.19. The number of carbonyl (C=O) groups is 1. The van der Waals surface area contributed by atoms with Gasteiger partial charge in [-0.2, -0.15) is 0 Å². The zero-order valence-electron chi connectivity index (χ0n) is 25.2. The van der Waals surface area contributed by atoms with E-state index in [4.69, 9.17) is 21.3 Å². The van der Waals surface area contributed by atoms with Crippen molar-refractivity contribution in [3.05, 3.63) is 111 Å². The Morgan fingerprint density at radius 1 is 0.976 bits per heavy atom. The second-order valence-electron chi connectivity index (χ2n) is 11.1. The molecule has 6 rings (SSSR count). The molecule has 0 amide bonds. The number of hydrogen-bond acceptors (Lipinski definition) is 4. The summed E-state index contributed by atoms with van der Waals surface area (Å²) < 4.78 is 8.29. The van der Waals surface area contributed by atoms with E-state index in [1.165, 1.54) is 28.8 Å². The largest absolute Gasteiger partial charge is 0.366 e. The van der Waals surface area contributed by atoms with Gasteiger partial charge in [0.05, 0.1) is 24.4 Å². The molecule has 1 aliphatic rings. The molecule has 6 heteroatoms. The highest BCUT2D eigenvalue weighted by molar-refractivity contribution is 7.15. The Hall–Kier alpha value is -3.25. The van der Waals surface area contributed by atoms with Crippen LogP contribution in [0.4, 0.5) is 0 Å². The van der Waals surface area contributed by atoms with Gasteiger partial charge in [-0.3, -0.25) is 4.79 Å². The zero-order valence-corrected chi connectivity index (χ0v) is 26.7. The normalized spacial score (nSPS) is 13.6. The summed E-state index contributed by atoms with van der Waals surface area (Å²) in [5, 5.41) is 2.71. The fraction of sp³-hybridized carbons (Fsp3) is 0.333. The molecular formula is C36H39ClN2O2S. The van der Waals surface area contributed by atoms with Gasteiger partial charge in [0.1, 0.15) is 5.01 Å². The topological polar surface area (TPSA) is 44.1 Å². The van der Waals surface area contributed by atoms with Crippen LogP contribution in [0.25, 0.3) is 21.5 Å². The Morgan fingerprint density at radius 3 is 2.33 bits per heavy atom. The number of carbonyl (C=O) groups excluding carboxylic acids is 1. The third-order valence-corrected chi connectivity index (χ3v) is 9.51. The highest BCUT2D eigenvalue weighted by Gasteiger charge is 2.37. The second kappa shape index (κ2) is 12.9. The first-order chi connectivity index (χ1) is 20.3. The van der Waals surface area contributed by atoms with Crippen LogP contribution in [0, 0.1) is 13.8 Å². The number of para-hydroxylation sites is 1. The average molecular weight is 599 g/mol. The van der Waals surface area contributed by atoms with Crippen LogP contribution in [0.2, 0.25) is 5.02 Å². The van der Waals surface area contributed by atoms with Gasteiger partial charge < -0.3 is 9.30 Å². The van der Waals surface area contributed by atoms with Crippen LogP contribution in [-0.4, -0.2) is 15.3 Å². The second-order valence-corrected chi connectivity index (χ2v) is 12.7. The number of nitrogens with zero attached hydrogens (tertiary/aromatic N) is 2. The Kier molecular flexibility index (Phi) is 9.32. The first-order valence-corrected chi connectivity index (χ1v) is 16.0. The van der Waals surface area contributed by atoms with Gasteiger partial charge in [-0.25, -0.2) is 4.98 Å². The van der Waals surface area contributed by atoms with Crippen molar-refractivity contribution in [3.8, 4) is 10.6 Å². The van der Waals surface area contributed by atoms with E-state index >= 15 is 0 Å². The van der Waals surface area contributed by atoms with E-state index in [2.05, 4.69) is 55.7 Å². The highest BCUT2D eigenvalue weighted by Crippen LogP contribution is 2.43. The molecule has 0 atom stereocenters. The molecule has 0 spiro atoms. The van der Waals surface area contributed by atoms with E-state index < -0.39 is 0 Å². The number of thiazole rings is 1. The van der Waals surface area contributed by atoms with E-state index in [1.54, 1.807) is 18.3 Å². The Labute approximate surface area is 258 Å². The molecule has 218 valence electrons. The monoisotopic (exact) mass is 598 g/mol. The average Bonchev–Trinajstić information content (AvgIpc) is 3.62. The third kappa shape index (κ3) is 5.96. The van der Waals surface area contributed by atoms with E-state index in [1.807, 2.05) is 49.4 Å². The van der Waals surface area contributed by atoms with Crippen molar-refractivity contribution in [1.29, 1.82) is 0 Å². The summed E-state index contributed by atoms with van der Waals surface area (Å²) in [4.78, 5) is 18.3. The zero-order chi connectivity index (χ0) is 29.9. The summed E-state index contributed by atoms with van der Waals surface area (Å²) >= 11 is 7.68. The lowest BCUT2D eigenvalue weighted by Gasteiger charge is -2.29. The number of Topliss-reactive ketones (excluding diaryl/α,β-unsaturated/α-hetero) is 1. The molecule has 0 saturated heterocycles. The lowest BCUT2D eigenvalue weighted by molar-refractivity contribution is -0.0518. The van der Waals surface area contributed by atoms with Crippen LogP contribution in [0.3, 0.4) is 0 Å². The van der Waals surface area contributed by atoms with Gasteiger partial charge >= 0.3 is 0 Å². The molecule has 5 aromatic rings. The van der Waals surface area contributed by atoms with E-state index in [-0.39, 0.29) is 11.4 Å². The lowest BCUT2D eigenvalue weighted by Crippen LogP contribution is -2.24. The number of halogens is 1. The first kappa shape index (κ1) is 30.2. The number of benzene rings is 3. The van der Waals surface area contributed by atoms with Gasteiger partial charge in [0.2, 0.25) is 0 Å².